The standard InChI is InChI=1S/C19H24N2O4/c1-13-5-7-14(8-6-13)20-10-9-18(22)21-15-11-16(23-2)19(25-4)17(12-15)24-3/h5-8,11-12,20H,9-10H2,1-4H3,(H,21,22). The summed E-state index contributed by atoms with van der Waals surface area (Å²) in [6.45, 7) is 2.58. The van der Waals surface area contributed by atoms with E-state index in [9.17, 15) is 4.79 Å². The monoisotopic (exact) mass is 344 g/mol. The number of carbonyl (C=O) groups excluding carboxylic acids is 1. The maximum absolute atomic E-state index is 12.1. The van der Waals surface area contributed by atoms with Gasteiger partial charge in [0.15, 0.2) is 11.5 Å². The van der Waals surface area contributed by atoms with E-state index < -0.39 is 0 Å². The Morgan fingerprint density at radius 2 is 1.52 bits per heavy atom. The molecule has 2 aromatic rings. The third-order valence-electron chi connectivity index (χ3n) is 3.68. The van der Waals surface area contributed by atoms with Crippen molar-refractivity contribution in [2.24, 2.45) is 0 Å². The molecule has 0 aliphatic carbocycles. The summed E-state index contributed by atoms with van der Waals surface area (Å²) in [4.78, 5) is 12.1. The van der Waals surface area contributed by atoms with Gasteiger partial charge >= 0.3 is 0 Å². The van der Waals surface area contributed by atoms with Crippen molar-refractivity contribution in [3.63, 3.8) is 0 Å². The van der Waals surface area contributed by atoms with Crippen molar-refractivity contribution in [1.29, 1.82) is 0 Å². The summed E-state index contributed by atoms with van der Waals surface area (Å²) in [6, 6.07) is 11.4. The Kier molecular flexibility index (Phi) is 6.51. The lowest BCUT2D eigenvalue weighted by Gasteiger charge is -2.14. The quantitative estimate of drug-likeness (QED) is 0.767. The first kappa shape index (κ1) is 18.4. The van der Waals surface area contributed by atoms with Crippen molar-refractivity contribution in [2.75, 3.05) is 38.5 Å². The minimum Gasteiger partial charge on any atom is -0.493 e. The van der Waals surface area contributed by atoms with Gasteiger partial charge in [-0.2, -0.15) is 0 Å². The largest absolute Gasteiger partial charge is 0.493 e. The van der Waals surface area contributed by atoms with Gasteiger partial charge in [0.2, 0.25) is 11.7 Å². The Bertz CT molecular complexity index is 689. The Labute approximate surface area is 148 Å². The highest BCUT2D eigenvalue weighted by atomic mass is 16.5. The third-order valence-corrected chi connectivity index (χ3v) is 3.68. The molecule has 6 heteroatoms. The minimum absolute atomic E-state index is 0.103. The molecule has 2 rings (SSSR count). The second-order valence-corrected chi connectivity index (χ2v) is 5.50. The highest BCUT2D eigenvalue weighted by molar-refractivity contribution is 5.91. The van der Waals surface area contributed by atoms with Crippen LogP contribution in [-0.2, 0) is 4.79 Å². The molecule has 0 spiro atoms. The summed E-state index contributed by atoms with van der Waals surface area (Å²) in [5.74, 6) is 1.38. The molecule has 6 nitrogen and oxygen atoms in total. The molecule has 0 heterocycles. The highest BCUT2D eigenvalue weighted by Crippen LogP contribution is 2.39. The van der Waals surface area contributed by atoms with Gasteiger partial charge in [-0.1, -0.05) is 17.7 Å². The van der Waals surface area contributed by atoms with Crippen LogP contribution >= 0.6 is 0 Å². The number of aryl methyl sites for hydroxylation is 1. The van der Waals surface area contributed by atoms with E-state index in [0.29, 0.717) is 35.9 Å². The lowest BCUT2D eigenvalue weighted by molar-refractivity contribution is -0.115. The number of ether oxygens (including phenoxy) is 3. The molecule has 2 N–H and O–H groups in total. The summed E-state index contributed by atoms with van der Waals surface area (Å²) in [5.41, 5.74) is 2.78. The molecule has 0 aromatic heterocycles. The van der Waals surface area contributed by atoms with Crippen LogP contribution in [0.2, 0.25) is 0 Å². The van der Waals surface area contributed by atoms with Crippen LogP contribution in [0.3, 0.4) is 0 Å². The van der Waals surface area contributed by atoms with E-state index in [4.69, 9.17) is 14.2 Å². The number of rotatable bonds is 8. The molecule has 0 bridgehead atoms. The summed E-state index contributed by atoms with van der Waals surface area (Å²) in [7, 11) is 4.61. The Balaban J connectivity index is 1.94. The lowest BCUT2D eigenvalue weighted by atomic mass is 10.2. The molecule has 0 aliphatic rings. The van der Waals surface area contributed by atoms with Crippen LogP contribution in [0.1, 0.15) is 12.0 Å². The Morgan fingerprint density at radius 1 is 0.920 bits per heavy atom. The molecule has 0 saturated heterocycles. The van der Waals surface area contributed by atoms with Crippen LogP contribution in [0, 0.1) is 6.92 Å². The highest BCUT2D eigenvalue weighted by Gasteiger charge is 2.14. The smallest absolute Gasteiger partial charge is 0.226 e. The average Bonchev–Trinajstić information content (AvgIpc) is 2.62. The SMILES string of the molecule is COc1cc(NC(=O)CCNc2ccc(C)cc2)cc(OC)c1OC. The van der Waals surface area contributed by atoms with E-state index in [1.807, 2.05) is 31.2 Å². The molecule has 2 aromatic carbocycles. The molecular weight excluding hydrogens is 320 g/mol. The maximum Gasteiger partial charge on any atom is 0.226 e. The van der Waals surface area contributed by atoms with E-state index in [-0.39, 0.29) is 5.91 Å². The zero-order chi connectivity index (χ0) is 18.2. The number of methoxy groups -OCH3 is 3. The van der Waals surface area contributed by atoms with Gasteiger partial charge in [0, 0.05) is 36.5 Å². The molecule has 25 heavy (non-hydrogen) atoms. The molecule has 0 fully saturated rings. The van der Waals surface area contributed by atoms with Crippen molar-refractivity contribution in [2.45, 2.75) is 13.3 Å². The molecule has 0 atom stereocenters. The zero-order valence-corrected chi connectivity index (χ0v) is 15.0. The van der Waals surface area contributed by atoms with Crippen molar-refractivity contribution in [1.82, 2.24) is 0 Å². The molecule has 1 amide bonds. The van der Waals surface area contributed by atoms with Crippen LogP contribution in [-0.4, -0.2) is 33.8 Å². The van der Waals surface area contributed by atoms with Gasteiger partial charge in [0.05, 0.1) is 21.3 Å². The molecular formula is C19H24N2O4. The topological polar surface area (TPSA) is 68.8 Å². The Hall–Kier alpha value is -2.89. The molecule has 0 aliphatic heterocycles. The van der Waals surface area contributed by atoms with Crippen molar-refractivity contribution in [3.8, 4) is 17.2 Å². The fourth-order valence-corrected chi connectivity index (χ4v) is 2.37. The first-order valence-corrected chi connectivity index (χ1v) is 7.97. The third kappa shape index (κ3) is 5.04. The number of anilines is 2. The predicted molar refractivity (Wildman–Crippen MR) is 99.0 cm³/mol. The molecule has 0 saturated carbocycles. The summed E-state index contributed by atoms with van der Waals surface area (Å²) in [5, 5.41) is 6.07. The van der Waals surface area contributed by atoms with E-state index in [1.165, 1.54) is 26.9 Å². The van der Waals surface area contributed by atoms with Crippen molar-refractivity contribution in [3.05, 3.63) is 42.0 Å². The summed E-state index contributed by atoms with van der Waals surface area (Å²) < 4.78 is 15.8. The predicted octanol–water partition coefficient (Wildman–Crippen LogP) is 3.46. The lowest BCUT2D eigenvalue weighted by Crippen LogP contribution is -2.16. The van der Waals surface area contributed by atoms with Crippen LogP contribution < -0.4 is 24.8 Å². The van der Waals surface area contributed by atoms with Crippen molar-refractivity contribution >= 4 is 17.3 Å². The second kappa shape index (κ2) is 8.82. The zero-order valence-electron chi connectivity index (χ0n) is 15.0. The van der Waals surface area contributed by atoms with Crippen LogP contribution in [0.15, 0.2) is 36.4 Å². The van der Waals surface area contributed by atoms with Gasteiger partial charge in [-0.15, -0.1) is 0 Å². The molecule has 0 radical (unpaired) electrons. The van der Waals surface area contributed by atoms with Crippen LogP contribution in [0.4, 0.5) is 11.4 Å². The van der Waals surface area contributed by atoms with Gasteiger partial charge in [-0.25, -0.2) is 0 Å². The average molecular weight is 344 g/mol. The van der Waals surface area contributed by atoms with E-state index >= 15 is 0 Å². The van der Waals surface area contributed by atoms with Gasteiger partial charge in [-0.3, -0.25) is 4.79 Å². The molecule has 134 valence electrons. The maximum atomic E-state index is 12.1. The number of carbonyl (C=O) groups is 1. The van der Waals surface area contributed by atoms with E-state index in [2.05, 4.69) is 10.6 Å². The van der Waals surface area contributed by atoms with Gasteiger partial charge in [0.1, 0.15) is 0 Å². The minimum atomic E-state index is -0.103. The van der Waals surface area contributed by atoms with Crippen LogP contribution in [0.25, 0.3) is 0 Å². The van der Waals surface area contributed by atoms with E-state index in [1.54, 1.807) is 12.1 Å². The van der Waals surface area contributed by atoms with Gasteiger partial charge in [0.25, 0.3) is 0 Å². The number of hydrogen-bond donors (Lipinski definition) is 2. The van der Waals surface area contributed by atoms with Gasteiger partial charge in [-0.05, 0) is 19.1 Å². The van der Waals surface area contributed by atoms with Crippen molar-refractivity contribution < 1.29 is 19.0 Å². The Morgan fingerprint density at radius 3 is 2.04 bits per heavy atom. The first-order chi connectivity index (χ1) is 12.1. The number of benzene rings is 2. The fourth-order valence-electron chi connectivity index (χ4n) is 2.37. The number of hydrogen-bond acceptors (Lipinski definition) is 5. The summed E-state index contributed by atoms with van der Waals surface area (Å²) >= 11 is 0. The molecule has 0 unspecified atom stereocenters. The normalized spacial score (nSPS) is 10.1. The van der Waals surface area contributed by atoms with E-state index in [0.717, 1.165) is 5.69 Å². The summed E-state index contributed by atoms with van der Waals surface area (Å²) in [6.07, 6.45) is 0.338. The number of amides is 1. The van der Waals surface area contributed by atoms with Crippen LogP contribution in [0.5, 0.6) is 17.2 Å². The first-order valence-electron chi connectivity index (χ1n) is 7.97. The number of nitrogens with one attached hydrogen (secondary N) is 2. The van der Waals surface area contributed by atoms with Gasteiger partial charge < -0.3 is 24.8 Å². The second-order valence-electron chi connectivity index (χ2n) is 5.50. The fraction of sp³-hybridized carbons (Fsp3) is 0.316.